The van der Waals surface area contributed by atoms with Gasteiger partial charge in [0, 0.05) is 12.2 Å². The maximum absolute atomic E-state index is 3.93. The Kier molecular flexibility index (Phi) is 3.32. The zero-order valence-corrected chi connectivity index (χ0v) is 11.3. The minimum Gasteiger partial charge on any atom is -0.384 e. The molecule has 0 saturated carbocycles. The van der Waals surface area contributed by atoms with E-state index in [1.807, 2.05) is 6.92 Å². The van der Waals surface area contributed by atoms with E-state index in [2.05, 4.69) is 59.8 Å². The van der Waals surface area contributed by atoms with Crippen molar-refractivity contribution < 1.29 is 0 Å². The Morgan fingerprint density at radius 2 is 2.06 bits per heavy atom. The van der Waals surface area contributed by atoms with Crippen LogP contribution in [0.5, 0.6) is 0 Å². The van der Waals surface area contributed by atoms with Gasteiger partial charge in [-0.05, 0) is 40.5 Å². The fraction of sp³-hybridized carbons (Fsp3) is 0.462. The van der Waals surface area contributed by atoms with E-state index < -0.39 is 0 Å². The summed E-state index contributed by atoms with van der Waals surface area (Å²) < 4.78 is 1.68. The molecule has 0 aliphatic carbocycles. The van der Waals surface area contributed by atoms with E-state index in [-0.39, 0.29) is 5.41 Å². The smallest absolute Gasteiger partial charge is 0.143 e. The summed E-state index contributed by atoms with van der Waals surface area (Å²) in [5, 5.41) is 14.7. The molecule has 96 valence electrons. The van der Waals surface area contributed by atoms with Gasteiger partial charge in [-0.3, -0.25) is 0 Å². The van der Waals surface area contributed by atoms with E-state index in [1.54, 1.807) is 11.0 Å². The normalized spacial score (nSPS) is 11.6. The summed E-state index contributed by atoms with van der Waals surface area (Å²) in [4.78, 5) is 0. The summed E-state index contributed by atoms with van der Waals surface area (Å²) in [6.07, 6.45) is 1.61. The topological polar surface area (TPSA) is 55.6 Å². The number of tetrazole rings is 1. The van der Waals surface area contributed by atoms with Crippen LogP contribution in [0.25, 0.3) is 5.69 Å². The molecule has 0 saturated heterocycles. The predicted octanol–water partition coefficient (Wildman–Crippen LogP) is 2.43. The van der Waals surface area contributed by atoms with E-state index in [9.17, 15) is 0 Å². The van der Waals surface area contributed by atoms with Crippen molar-refractivity contribution in [2.24, 2.45) is 5.41 Å². The fourth-order valence-corrected chi connectivity index (χ4v) is 1.61. The van der Waals surface area contributed by atoms with Crippen LogP contribution >= 0.6 is 0 Å². The molecule has 0 amide bonds. The van der Waals surface area contributed by atoms with Gasteiger partial charge in [0.15, 0.2) is 0 Å². The summed E-state index contributed by atoms with van der Waals surface area (Å²) in [7, 11) is 0. The second-order valence-corrected chi connectivity index (χ2v) is 5.67. The quantitative estimate of drug-likeness (QED) is 0.902. The maximum atomic E-state index is 3.93. The Morgan fingerprint density at radius 3 is 2.67 bits per heavy atom. The van der Waals surface area contributed by atoms with Gasteiger partial charge < -0.3 is 5.32 Å². The highest BCUT2D eigenvalue weighted by atomic mass is 15.5. The third-order valence-corrected chi connectivity index (χ3v) is 2.63. The molecule has 2 aromatic rings. The molecule has 1 heterocycles. The number of hydrogen-bond donors (Lipinski definition) is 1. The van der Waals surface area contributed by atoms with Gasteiger partial charge in [0.2, 0.25) is 0 Å². The lowest BCUT2D eigenvalue weighted by molar-refractivity contribution is 0.443. The lowest BCUT2D eigenvalue weighted by Crippen LogP contribution is -2.19. The van der Waals surface area contributed by atoms with Crippen LogP contribution in [0.15, 0.2) is 24.5 Å². The predicted molar refractivity (Wildman–Crippen MR) is 71.8 cm³/mol. The highest BCUT2D eigenvalue weighted by Crippen LogP contribution is 2.20. The molecule has 5 heteroatoms. The van der Waals surface area contributed by atoms with Crippen LogP contribution in [0.2, 0.25) is 0 Å². The fourth-order valence-electron chi connectivity index (χ4n) is 1.61. The Morgan fingerprint density at radius 1 is 1.28 bits per heavy atom. The second kappa shape index (κ2) is 4.76. The Hall–Kier alpha value is -1.91. The van der Waals surface area contributed by atoms with Crippen LogP contribution in [0.4, 0.5) is 5.69 Å². The number of nitrogens with one attached hydrogen (secondary N) is 1. The molecule has 18 heavy (non-hydrogen) atoms. The number of aryl methyl sites for hydroxylation is 1. The molecule has 5 nitrogen and oxygen atoms in total. The van der Waals surface area contributed by atoms with Gasteiger partial charge in [0.05, 0.1) is 5.69 Å². The van der Waals surface area contributed by atoms with Crippen molar-refractivity contribution in [1.82, 2.24) is 20.2 Å². The van der Waals surface area contributed by atoms with Crippen LogP contribution in [0.1, 0.15) is 26.3 Å². The van der Waals surface area contributed by atoms with E-state index in [0.717, 1.165) is 23.5 Å². The van der Waals surface area contributed by atoms with Crippen molar-refractivity contribution in [2.45, 2.75) is 27.7 Å². The molecule has 0 radical (unpaired) electrons. The van der Waals surface area contributed by atoms with Gasteiger partial charge in [-0.2, -0.15) is 0 Å². The second-order valence-electron chi connectivity index (χ2n) is 5.67. The number of nitrogens with zero attached hydrogens (tertiary/aromatic N) is 4. The van der Waals surface area contributed by atoms with Gasteiger partial charge in [0.25, 0.3) is 0 Å². The molecular weight excluding hydrogens is 226 g/mol. The average Bonchev–Trinajstić information content (AvgIpc) is 2.80. The van der Waals surface area contributed by atoms with Gasteiger partial charge in [-0.1, -0.05) is 26.8 Å². The van der Waals surface area contributed by atoms with Crippen LogP contribution < -0.4 is 5.32 Å². The first-order chi connectivity index (χ1) is 8.46. The minimum absolute atomic E-state index is 0.250. The minimum atomic E-state index is 0.250. The van der Waals surface area contributed by atoms with E-state index in [1.165, 1.54) is 0 Å². The summed E-state index contributed by atoms with van der Waals surface area (Å²) in [6.45, 7) is 9.58. The number of aromatic nitrogens is 4. The Labute approximate surface area is 107 Å². The monoisotopic (exact) mass is 245 g/mol. The van der Waals surface area contributed by atoms with Crippen LogP contribution in [0.3, 0.4) is 0 Å². The van der Waals surface area contributed by atoms with E-state index >= 15 is 0 Å². The van der Waals surface area contributed by atoms with Crippen molar-refractivity contribution in [3.63, 3.8) is 0 Å². The summed E-state index contributed by atoms with van der Waals surface area (Å²) in [5.41, 5.74) is 3.48. The first kappa shape index (κ1) is 12.5. The van der Waals surface area contributed by atoms with Crippen molar-refractivity contribution >= 4 is 5.69 Å². The standard InChI is InChI=1S/C13H19N5/c1-10-5-6-11(14-8-13(2,3)4)7-12(10)18-9-15-16-17-18/h5-7,9,14H,8H2,1-4H3. The molecular formula is C13H19N5. The lowest BCUT2D eigenvalue weighted by atomic mass is 9.97. The summed E-state index contributed by atoms with van der Waals surface area (Å²) >= 11 is 0. The number of hydrogen-bond acceptors (Lipinski definition) is 4. The van der Waals surface area contributed by atoms with Gasteiger partial charge in [-0.25, -0.2) is 4.68 Å². The first-order valence-corrected chi connectivity index (χ1v) is 6.04. The SMILES string of the molecule is Cc1ccc(NCC(C)(C)C)cc1-n1cnnn1. The highest BCUT2D eigenvalue weighted by Gasteiger charge is 2.10. The molecule has 0 atom stereocenters. The van der Waals surface area contributed by atoms with E-state index in [0.29, 0.717) is 0 Å². The molecule has 2 rings (SSSR count). The molecule has 0 aliphatic rings. The molecule has 0 unspecified atom stereocenters. The molecule has 0 aliphatic heterocycles. The van der Waals surface area contributed by atoms with Gasteiger partial charge in [-0.15, -0.1) is 5.10 Å². The van der Waals surface area contributed by atoms with Crippen LogP contribution in [-0.2, 0) is 0 Å². The number of anilines is 1. The van der Waals surface area contributed by atoms with Crippen molar-refractivity contribution in [2.75, 3.05) is 11.9 Å². The van der Waals surface area contributed by atoms with Crippen molar-refractivity contribution in [3.05, 3.63) is 30.1 Å². The zero-order valence-electron chi connectivity index (χ0n) is 11.3. The third-order valence-electron chi connectivity index (χ3n) is 2.63. The first-order valence-electron chi connectivity index (χ1n) is 6.04. The van der Waals surface area contributed by atoms with Crippen LogP contribution in [0, 0.1) is 12.3 Å². The Balaban J connectivity index is 2.22. The largest absolute Gasteiger partial charge is 0.384 e. The molecule has 1 N–H and O–H groups in total. The maximum Gasteiger partial charge on any atom is 0.143 e. The average molecular weight is 245 g/mol. The molecule has 0 bridgehead atoms. The van der Waals surface area contributed by atoms with Gasteiger partial charge >= 0.3 is 0 Å². The molecule has 0 spiro atoms. The van der Waals surface area contributed by atoms with Crippen molar-refractivity contribution in [1.29, 1.82) is 0 Å². The summed E-state index contributed by atoms with van der Waals surface area (Å²) in [5.74, 6) is 0. The molecule has 0 fully saturated rings. The lowest BCUT2D eigenvalue weighted by Gasteiger charge is -2.20. The number of benzene rings is 1. The molecule has 1 aromatic heterocycles. The highest BCUT2D eigenvalue weighted by molar-refractivity contribution is 5.54. The number of rotatable bonds is 3. The van der Waals surface area contributed by atoms with Gasteiger partial charge in [0.1, 0.15) is 6.33 Å². The third kappa shape index (κ3) is 3.06. The molecule has 1 aromatic carbocycles. The zero-order chi connectivity index (χ0) is 13.2. The Bertz CT molecular complexity index is 511. The summed E-state index contributed by atoms with van der Waals surface area (Å²) in [6, 6.07) is 6.22. The van der Waals surface area contributed by atoms with Crippen LogP contribution in [-0.4, -0.2) is 26.8 Å². The van der Waals surface area contributed by atoms with Crippen molar-refractivity contribution in [3.8, 4) is 5.69 Å². The van der Waals surface area contributed by atoms with E-state index in [4.69, 9.17) is 0 Å².